The maximum Gasteiger partial charge on any atom is 0.164 e. The molecule has 2 aromatic rings. The van der Waals surface area contributed by atoms with Crippen molar-refractivity contribution >= 4 is 11.5 Å². The van der Waals surface area contributed by atoms with Crippen molar-refractivity contribution in [3.63, 3.8) is 0 Å². The number of hydrogen-bond acceptors (Lipinski definition) is 5. The minimum atomic E-state index is -0.0301. The molecule has 5 nitrogen and oxygen atoms in total. The normalized spacial score (nSPS) is 15.6. The van der Waals surface area contributed by atoms with Gasteiger partial charge in [-0.3, -0.25) is 4.79 Å². The van der Waals surface area contributed by atoms with Gasteiger partial charge in [-0.15, -0.1) is 0 Å². The molecule has 1 aliphatic rings. The zero-order chi connectivity index (χ0) is 17.1. The lowest BCUT2D eigenvalue weighted by Gasteiger charge is -2.28. The third kappa shape index (κ3) is 3.04. The number of anilines is 1. The highest BCUT2D eigenvalue weighted by Crippen LogP contribution is 2.35. The molecule has 0 fully saturated rings. The number of para-hydroxylation sites is 1. The number of benzene rings is 2. The number of nitrogens with one attached hydrogen (secondary N) is 1. The van der Waals surface area contributed by atoms with E-state index in [0.29, 0.717) is 23.4 Å². The molecule has 3 rings (SSSR count). The van der Waals surface area contributed by atoms with Gasteiger partial charge in [-0.05, 0) is 37.6 Å². The van der Waals surface area contributed by atoms with E-state index in [-0.39, 0.29) is 11.8 Å². The fourth-order valence-electron chi connectivity index (χ4n) is 2.85. The Morgan fingerprint density at radius 1 is 1.38 bits per heavy atom. The first kappa shape index (κ1) is 15.9. The predicted molar refractivity (Wildman–Crippen MR) is 90.8 cm³/mol. The van der Waals surface area contributed by atoms with Crippen molar-refractivity contribution in [1.82, 2.24) is 0 Å². The van der Waals surface area contributed by atoms with Gasteiger partial charge >= 0.3 is 0 Å². The molecule has 0 saturated carbocycles. The Morgan fingerprint density at radius 3 is 2.92 bits per heavy atom. The van der Waals surface area contributed by atoms with E-state index < -0.39 is 0 Å². The summed E-state index contributed by atoms with van der Waals surface area (Å²) < 4.78 is 11.2. The number of fused-ring (bicyclic) bond motifs is 1. The van der Waals surface area contributed by atoms with E-state index >= 15 is 0 Å². The highest BCUT2D eigenvalue weighted by molar-refractivity contribution is 5.95. The molecule has 0 aliphatic carbocycles. The van der Waals surface area contributed by atoms with Crippen LogP contribution in [0.25, 0.3) is 0 Å². The third-order valence-corrected chi connectivity index (χ3v) is 4.08. The van der Waals surface area contributed by atoms with E-state index in [4.69, 9.17) is 9.47 Å². The van der Waals surface area contributed by atoms with Gasteiger partial charge in [-0.1, -0.05) is 12.1 Å². The first-order valence-corrected chi connectivity index (χ1v) is 7.72. The molecule has 1 unspecified atom stereocenters. The Morgan fingerprint density at radius 2 is 2.21 bits per heavy atom. The van der Waals surface area contributed by atoms with Gasteiger partial charge < -0.3 is 14.8 Å². The highest BCUT2D eigenvalue weighted by atomic mass is 16.5. The fourth-order valence-corrected chi connectivity index (χ4v) is 2.85. The fraction of sp³-hybridized carbons (Fsp3) is 0.263. The number of nitrogens with zero attached hydrogens (tertiary/aromatic N) is 1. The number of nitriles is 1. The molecule has 0 radical (unpaired) electrons. The van der Waals surface area contributed by atoms with E-state index in [9.17, 15) is 10.1 Å². The topological polar surface area (TPSA) is 71.3 Å². The summed E-state index contributed by atoms with van der Waals surface area (Å²) in [4.78, 5) is 11.6. The van der Waals surface area contributed by atoms with Crippen LogP contribution in [0.1, 0.15) is 28.4 Å². The maximum atomic E-state index is 11.6. The van der Waals surface area contributed by atoms with Crippen molar-refractivity contribution in [1.29, 1.82) is 5.26 Å². The molecule has 0 saturated heterocycles. The second-order valence-corrected chi connectivity index (χ2v) is 5.73. The van der Waals surface area contributed by atoms with Gasteiger partial charge in [-0.25, -0.2) is 0 Å². The quantitative estimate of drug-likeness (QED) is 0.875. The molecule has 0 bridgehead atoms. The average molecular weight is 322 g/mol. The van der Waals surface area contributed by atoms with Crippen LogP contribution in [0, 0.1) is 11.3 Å². The molecule has 5 heteroatoms. The largest absolute Gasteiger partial charge is 0.493 e. The Hall–Kier alpha value is -3.00. The highest BCUT2D eigenvalue weighted by Gasteiger charge is 2.23. The summed E-state index contributed by atoms with van der Waals surface area (Å²) in [5.74, 6) is 1.47. The Bertz CT molecular complexity index is 824. The molecule has 1 heterocycles. The van der Waals surface area contributed by atoms with Gasteiger partial charge in [0.25, 0.3) is 0 Å². The monoisotopic (exact) mass is 322 g/mol. The zero-order valence-corrected chi connectivity index (χ0v) is 13.6. The molecule has 24 heavy (non-hydrogen) atoms. The molecule has 1 atom stereocenters. The zero-order valence-electron chi connectivity index (χ0n) is 13.6. The lowest BCUT2D eigenvalue weighted by atomic mass is 10.0. The van der Waals surface area contributed by atoms with Crippen LogP contribution in [-0.4, -0.2) is 25.5 Å². The molecule has 122 valence electrons. The van der Waals surface area contributed by atoms with Crippen molar-refractivity contribution < 1.29 is 14.3 Å². The summed E-state index contributed by atoms with van der Waals surface area (Å²) in [6.45, 7) is 1.97. The van der Waals surface area contributed by atoms with Crippen LogP contribution in [0.2, 0.25) is 0 Å². The molecule has 1 aliphatic heterocycles. The second kappa shape index (κ2) is 6.63. The van der Waals surface area contributed by atoms with Gasteiger partial charge in [0.2, 0.25) is 0 Å². The van der Waals surface area contributed by atoms with Gasteiger partial charge in [0.05, 0.1) is 24.4 Å². The van der Waals surface area contributed by atoms with Crippen molar-refractivity contribution in [3.8, 4) is 17.6 Å². The van der Waals surface area contributed by atoms with E-state index in [0.717, 1.165) is 23.5 Å². The molecule has 1 N–H and O–H groups in total. The van der Waals surface area contributed by atoms with Crippen molar-refractivity contribution in [2.45, 2.75) is 19.4 Å². The Balaban J connectivity index is 1.84. The van der Waals surface area contributed by atoms with Gasteiger partial charge in [0, 0.05) is 11.1 Å². The molecular weight excluding hydrogens is 304 g/mol. The lowest BCUT2D eigenvalue weighted by Crippen LogP contribution is -2.33. The van der Waals surface area contributed by atoms with Crippen molar-refractivity contribution in [2.75, 3.05) is 19.0 Å². The van der Waals surface area contributed by atoms with E-state index in [1.54, 1.807) is 25.3 Å². The number of carbonyl (C=O) groups excluding carboxylic acids is 1. The number of methoxy groups -OCH3 is 1. The summed E-state index contributed by atoms with van der Waals surface area (Å²) in [6, 6.07) is 13.0. The van der Waals surface area contributed by atoms with Gasteiger partial charge in [-0.2, -0.15) is 5.26 Å². The summed E-state index contributed by atoms with van der Waals surface area (Å²) in [6.07, 6.45) is 0.752. The summed E-state index contributed by atoms with van der Waals surface area (Å²) >= 11 is 0. The van der Waals surface area contributed by atoms with Crippen molar-refractivity contribution in [3.05, 3.63) is 53.1 Å². The van der Waals surface area contributed by atoms with Crippen LogP contribution in [0.5, 0.6) is 11.5 Å². The van der Waals surface area contributed by atoms with E-state index in [2.05, 4.69) is 11.4 Å². The number of hydrogen-bond donors (Lipinski definition) is 1. The van der Waals surface area contributed by atoms with Gasteiger partial charge in [0.15, 0.2) is 17.3 Å². The van der Waals surface area contributed by atoms with Crippen LogP contribution in [0.3, 0.4) is 0 Å². The Labute approximate surface area is 140 Å². The van der Waals surface area contributed by atoms with Crippen LogP contribution in [-0.2, 0) is 6.42 Å². The minimum Gasteiger partial charge on any atom is -0.493 e. The molecule has 0 aromatic heterocycles. The van der Waals surface area contributed by atoms with Crippen molar-refractivity contribution in [2.24, 2.45) is 0 Å². The second-order valence-electron chi connectivity index (χ2n) is 5.73. The number of rotatable bonds is 4. The van der Waals surface area contributed by atoms with Gasteiger partial charge in [0.1, 0.15) is 12.7 Å². The molecule has 0 amide bonds. The first-order chi connectivity index (χ1) is 11.6. The maximum absolute atomic E-state index is 11.6. The number of carbonyl (C=O) groups is 1. The molecule has 0 spiro atoms. The average Bonchev–Trinajstić information content (AvgIpc) is 2.60. The van der Waals surface area contributed by atoms with Crippen LogP contribution in [0.15, 0.2) is 36.4 Å². The number of Topliss-reactive ketones (excluding diaryl/α,β-unsaturated/α-hetero) is 1. The summed E-state index contributed by atoms with van der Waals surface area (Å²) in [5.41, 5.74) is 2.80. The SMILES string of the molecule is COc1cccc2c1OCC(Nc1cc(C(C)=O)ccc1C#N)C2. The number of ether oxygens (including phenoxy) is 2. The number of ketones is 1. The van der Waals surface area contributed by atoms with Crippen LogP contribution < -0.4 is 14.8 Å². The smallest absolute Gasteiger partial charge is 0.164 e. The summed E-state index contributed by atoms with van der Waals surface area (Å²) in [5, 5.41) is 12.6. The lowest BCUT2D eigenvalue weighted by molar-refractivity contribution is 0.101. The summed E-state index contributed by atoms with van der Waals surface area (Å²) in [7, 11) is 1.62. The minimum absolute atomic E-state index is 0.0129. The molecular formula is C19H18N2O3. The van der Waals surface area contributed by atoms with Crippen LogP contribution in [0.4, 0.5) is 5.69 Å². The van der Waals surface area contributed by atoms with Crippen LogP contribution >= 0.6 is 0 Å². The Kier molecular flexibility index (Phi) is 4.39. The standard InChI is InChI=1S/C19H18N2O3/c1-12(22)13-6-7-15(10-20)17(9-13)21-16-8-14-4-3-5-18(23-2)19(14)24-11-16/h3-7,9,16,21H,8,11H2,1-2H3. The third-order valence-electron chi connectivity index (χ3n) is 4.08. The molecule has 2 aromatic carbocycles. The van der Waals surface area contributed by atoms with E-state index in [1.165, 1.54) is 6.92 Å². The first-order valence-electron chi connectivity index (χ1n) is 7.72. The van der Waals surface area contributed by atoms with E-state index in [1.807, 2.05) is 18.2 Å². The predicted octanol–water partition coefficient (Wildman–Crippen LogP) is 3.19.